The van der Waals surface area contributed by atoms with Gasteiger partial charge >= 0.3 is 0 Å². The van der Waals surface area contributed by atoms with Gasteiger partial charge < -0.3 is 11.1 Å². The van der Waals surface area contributed by atoms with Crippen LogP contribution in [0.3, 0.4) is 0 Å². The van der Waals surface area contributed by atoms with Crippen molar-refractivity contribution in [3.8, 4) is 0 Å². The van der Waals surface area contributed by atoms with E-state index >= 15 is 0 Å². The number of halogens is 3. The van der Waals surface area contributed by atoms with E-state index in [-0.39, 0.29) is 5.02 Å². The maximum Gasteiger partial charge on any atom is 0.142 e. The van der Waals surface area contributed by atoms with Crippen molar-refractivity contribution in [2.24, 2.45) is 5.73 Å². The topological polar surface area (TPSA) is 38.0 Å². The smallest absolute Gasteiger partial charge is 0.142 e. The normalized spacial score (nSPS) is 15.0. The van der Waals surface area contributed by atoms with Crippen molar-refractivity contribution in [3.05, 3.63) is 69.5 Å². The molecule has 6 heteroatoms. The average Bonchev–Trinajstić information content (AvgIpc) is 2.50. The fourth-order valence-corrected chi connectivity index (χ4v) is 2.80. The van der Waals surface area contributed by atoms with Gasteiger partial charge in [-0.3, -0.25) is 0 Å². The van der Waals surface area contributed by atoms with E-state index < -0.39 is 17.4 Å². The first-order valence-electron chi connectivity index (χ1n) is 6.56. The van der Waals surface area contributed by atoms with Gasteiger partial charge in [0.1, 0.15) is 5.82 Å². The van der Waals surface area contributed by atoms with Crippen molar-refractivity contribution in [1.29, 1.82) is 0 Å². The maximum atomic E-state index is 13.7. The van der Waals surface area contributed by atoms with Gasteiger partial charge in [-0.1, -0.05) is 53.6 Å². The zero-order chi connectivity index (χ0) is 16.3. The molecule has 2 unspecified atom stereocenters. The Bertz CT molecular complexity index is 678. The van der Waals surface area contributed by atoms with Crippen LogP contribution in [0.2, 0.25) is 10.0 Å². The van der Waals surface area contributed by atoms with Crippen LogP contribution in [0.5, 0.6) is 0 Å². The standard InChI is InChI=1S/C16H15Cl2FN2S/c1-16(21-9-22,11-3-5-12(17)6-4-11)15(20)10-2-7-13(18)14(19)8-10/h2-9,15H,20H2,1H3,(H,21,22). The van der Waals surface area contributed by atoms with Crippen LogP contribution in [0.4, 0.5) is 4.39 Å². The molecule has 0 aliphatic rings. The number of hydrogen-bond donors (Lipinski definition) is 2. The summed E-state index contributed by atoms with van der Waals surface area (Å²) < 4.78 is 13.7. The van der Waals surface area contributed by atoms with Crippen molar-refractivity contribution < 1.29 is 4.39 Å². The van der Waals surface area contributed by atoms with Crippen molar-refractivity contribution in [3.63, 3.8) is 0 Å². The molecule has 0 radical (unpaired) electrons. The number of nitrogens with two attached hydrogens (primary N) is 1. The summed E-state index contributed by atoms with van der Waals surface area (Å²) >= 11 is 16.6. The van der Waals surface area contributed by atoms with Gasteiger partial charge in [0.2, 0.25) is 0 Å². The molecule has 0 aliphatic carbocycles. The summed E-state index contributed by atoms with van der Waals surface area (Å²) in [6, 6.07) is 11.3. The Labute approximate surface area is 144 Å². The predicted molar refractivity (Wildman–Crippen MR) is 93.9 cm³/mol. The largest absolute Gasteiger partial charge is 0.371 e. The zero-order valence-corrected chi connectivity index (χ0v) is 14.1. The summed E-state index contributed by atoms with van der Waals surface area (Å²) in [6.07, 6.45) is 0. The third-order valence-electron chi connectivity index (χ3n) is 3.73. The van der Waals surface area contributed by atoms with Gasteiger partial charge in [0.05, 0.1) is 22.1 Å². The molecule has 2 aromatic carbocycles. The molecule has 2 rings (SSSR count). The van der Waals surface area contributed by atoms with Crippen LogP contribution in [0.15, 0.2) is 42.5 Å². The molecule has 0 fully saturated rings. The molecule has 2 atom stereocenters. The van der Waals surface area contributed by atoms with Gasteiger partial charge in [-0.2, -0.15) is 0 Å². The molecular weight excluding hydrogens is 342 g/mol. The fourth-order valence-electron chi connectivity index (χ4n) is 2.31. The SMILES string of the molecule is CC(NC=S)(c1ccc(Cl)cc1)C(N)c1ccc(Cl)c(F)c1. The first kappa shape index (κ1) is 17.2. The Morgan fingerprint density at radius 1 is 1.23 bits per heavy atom. The van der Waals surface area contributed by atoms with Gasteiger partial charge in [-0.05, 0) is 42.3 Å². The van der Waals surface area contributed by atoms with Gasteiger partial charge in [-0.25, -0.2) is 4.39 Å². The van der Waals surface area contributed by atoms with Crippen molar-refractivity contribution in [2.45, 2.75) is 18.5 Å². The van der Waals surface area contributed by atoms with Gasteiger partial charge in [0.25, 0.3) is 0 Å². The van der Waals surface area contributed by atoms with Crippen LogP contribution < -0.4 is 11.1 Å². The minimum Gasteiger partial charge on any atom is -0.371 e. The Morgan fingerprint density at radius 2 is 1.86 bits per heavy atom. The highest BCUT2D eigenvalue weighted by Crippen LogP contribution is 2.34. The molecule has 22 heavy (non-hydrogen) atoms. The fraction of sp³-hybridized carbons (Fsp3) is 0.188. The van der Waals surface area contributed by atoms with E-state index in [0.717, 1.165) is 5.56 Å². The second-order valence-electron chi connectivity index (χ2n) is 5.12. The molecule has 0 saturated carbocycles. The molecule has 2 aromatic rings. The van der Waals surface area contributed by atoms with Crippen LogP contribution in [0, 0.1) is 5.82 Å². The van der Waals surface area contributed by atoms with Crippen LogP contribution >= 0.6 is 35.4 Å². The Morgan fingerprint density at radius 3 is 2.41 bits per heavy atom. The van der Waals surface area contributed by atoms with E-state index in [0.29, 0.717) is 10.6 Å². The van der Waals surface area contributed by atoms with Crippen LogP contribution in [-0.2, 0) is 5.54 Å². The van der Waals surface area contributed by atoms with Crippen LogP contribution in [-0.4, -0.2) is 5.49 Å². The van der Waals surface area contributed by atoms with E-state index in [4.69, 9.17) is 41.2 Å². The third kappa shape index (κ3) is 3.41. The molecular formula is C16H15Cl2FN2S. The monoisotopic (exact) mass is 356 g/mol. The highest BCUT2D eigenvalue weighted by Gasteiger charge is 2.34. The molecule has 3 N–H and O–H groups in total. The van der Waals surface area contributed by atoms with E-state index in [1.165, 1.54) is 17.6 Å². The summed E-state index contributed by atoms with van der Waals surface area (Å²) in [6.45, 7) is 1.90. The zero-order valence-electron chi connectivity index (χ0n) is 11.8. The summed E-state index contributed by atoms with van der Waals surface area (Å²) in [5, 5.41) is 3.78. The minimum atomic E-state index is -0.716. The van der Waals surface area contributed by atoms with E-state index in [1.54, 1.807) is 18.2 Å². The van der Waals surface area contributed by atoms with Crippen molar-refractivity contribution in [1.82, 2.24) is 5.32 Å². The molecule has 0 spiro atoms. The van der Waals surface area contributed by atoms with Crippen molar-refractivity contribution >= 4 is 40.9 Å². The first-order chi connectivity index (χ1) is 10.4. The summed E-state index contributed by atoms with van der Waals surface area (Å²) in [4.78, 5) is 0. The molecule has 0 bridgehead atoms. The summed E-state index contributed by atoms with van der Waals surface area (Å²) in [5.74, 6) is -0.504. The summed E-state index contributed by atoms with van der Waals surface area (Å²) in [7, 11) is 0. The van der Waals surface area contributed by atoms with Crippen LogP contribution in [0.25, 0.3) is 0 Å². The van der Waals surface area contributed by atoms with Crippen LogP contribution in [0.1, 0.15) is 24.1 Å². The lowest BCUT2D eigenvalue weighted by Crippen LogP contribution is -2.47. The number of benzene rings is 2. The number of thiocarbonyl (C=S) groups is 1. The highest BCUT2D eigenvalue weighted by molar-refractivity contribution is 7.78. The van der Waals surface area contributed by atoms with Crippen molar-refractivity contribution in [2.75, 3.05) is 0 Å². The molecule has 0 amide bonds. The maximum absolute atomic E-state index is 13.7. The Hall–Kier alpha value is -1.20. The Balaban J connectivity index is 2.47. The minimum absolute atomic E-state index is 0.0620. The van der Waals surface area contributed by atoms with Gasteiger partial charge in [0.15, 0.2) is 0 Å². The van der Waals surface area contributed by atoms with E-state index in [2.05, 4.69) is 5.32 Å². The molecule has 0 heterocycles. The third-order valence-corrected chi connectivity index (χ3v) is 4.40. The van der Waals surface area contributed by atoms with E-state index in [9.17, 15) is 4.39 Å². The number of nitrogens with one attached hydrogen (secondary N) is 1. The lowest BCUT2D eigenvalue weighted by molar-refractivity contribution is 0.356. The molecule has 0 aliphatic heterocycles. The van der Waals surface area contributed by atoms with E-state index in [1.807, 2.05) is 19.1 Å². The molecule has 0 aromatic heterocycles. The predicted octanol–water partition coefficient (Wildman–Crippen LogP) is 4.59. The van der Waals surface area contributed by atoms with Gasteiger partial charge in [0, 0.05) is 5.02 Å². The number of rotatable bonds is 5. The molecule has 2 nitrogen and oxygen atoms in total. The highest BCUT2D eigenvalue weighted by atomic mass is 35.5. The lowest BCUT2D eigenvalue weighted by atomic mass is 9.81. The lowest BCUT2D eigenvalue weighted by Gasteiger charge is -2.36. The number of hydrogen-bond acceptors (Lipinski definition) is 2. The molecule has 116 valence electrons. The molecule has 0 saturated heterocycles. The second-order valence-corrected chi connectivity index (χ2v) is 6.20. The van der Waals surface area contributed by atoms with Gasteiger partial charge in [-0.15, -0.1) is 0 Å². The average molecular weight is 357 g/mol. The summed E-state index contributed by atoms with van der Waals surface area (Å²) in [5.41, 5.74) is 8.57. The Kier molecular flexibility index (Phi) is 5.40. The first-order valence-corrected chi connectivity index (χ1v) is 7.79. The second kappa shape index (κ2) is 6.92. The quantitative estimate of drug-likeness (QED) is 0.769.